The predicted molar refractivity (Wildman–Crippen MR) is 128 cm³/mol. The number of anilines is 2. The van der Waals surface area contributed by atoms with Crippen LogP contribution in [0, 0.1) is 0 Å². The van der Waals surface area contributed by atoms with Gasteiger partial charge in [-0.1, -0.05) is 29.8 Å². The maximum atomic E-state index is 13.3. The number of halogens is 1. The minimum atomic E-state index is -0.228. The first-order valence-electron chi connectivity index (χ1n) is 10.7. The number of carbonyl (C=O) groups excluding carboxylic acids is 2. The molecule has 1 N–H and O–H groups in total. The minimum Gasteiger partial charge on any atom is -0.368 e. The Bertz CT molecular complexity index is 1120. The Morgan fingerprint density at radius 1 is 1.00 bits per heavy atom. The number of benzene rings is 2. The van der Waals surface area contributed by atoms with Crippen LogP contribution < -0.4 is 10.2 Å². The summed E-state index contributed by atoms with van der Waals surface area (Å²) in [5.74, 6) is -0.294. The van der Waals surface area contributed by atoms with Crippen molar-refractivity contribution in [2.24, 2.45) is 0 Å². The number of nitrogens with zero attached hydrogens (tertiary/aromatic N) is 3. The summed E-state index contributed by atoms with van der Waals surface area (Å²) in [6.45, 7) is 3.08. The van der Waals surface area contributed by atoms with Crippen LogP contribution in [0.25, 0.3) is 0 Å². The van der Waals surface area contributed by atoms with Crippen LogP contribution in [0.1, 0.15) is 33.3 Å². The Balaban J connectivity index is 1.23. The quantitative estimate of drug-likeness (QED) is 0.617. The van der Waals surface area contributed by atoms with Gasteiger partial charge in [-0.3, -0.25) is 14.9 Å². The molecule has 2 aromatic carbocycles. The van der Waals surface area contributed by atoms with Crippen LogP contribution in [0.2, 0.25) is 5.02 Å². The van der Waals surface area contributed by atoms with E-state index in [2.05, 4.69) is 27.3 Å². The molecule has 1 fully saturated rings. The summed E-state index contributed by atoms with van der Waals surface area (Å²) in [4.78, 5) is 35.8. The molecular weight excluding hydrogens is 444 g/mol. The van der Waals surface area contributed by atoms with E-state index in [0.717, 1.165) is 36.5 Å². The Morgan fingerprint density at radius 3 is 2.44 bits per heavy atom. The molecule has 3 aromatic rings. The first-order chi connectivity index (χ1) is 15.6. The molecule has 0 bridgehead atoms. The largest absolute Gasteiger partial charge is 0.368 e. The fourth-order valence-corrected chi connectivity index (χ4v) is 5.50. The molecule has 2 amide bonds. The lowest BCUT2D eigenvalue weighted by atomic mass is 10.1. The van der Waals surface area contributed by atoms with Gasteiger partial charge < -0.3 is 9.80 Å². The van der Waals surface area contributed by atoms with Gasteiger partial charge in [0.2, 0.25) is 5.91 Å². The van der Waals surface area contributed by atoms with E-state index in [9.17, 15) is 9.59 Å². The van der Waals surface area contributed by atoms with Crippen molar-refractivity contribution in [1.29, 1.82) is 0 Å². The van der Waals surface area contributed by atoms with Gasteiger partial charge in [0.1, 0.15) is 0 Å². The molecule has 1 atom stereocenters. The molecule has 1 saturated heterocycles. The lowest BCUT2D eigenvalue weighted by Gasteiger charge is -2.37. The van der Waals surface area contributed by atoms with E-state index < -0.39 is 0 Å². The van der Waals surface area contributed by atoms with Crippen LogP contribution in [0.15, 0.2) is 54.6 Å². The summed E-state index contributed by atoms with van der Waals surface area (Å²) < 4.78 is 0. The van der Waals surface area contributed by atoms with Crippen LogP contribution in [0.3, 0.4) is 0 Å². The van der Waals surface area contributed by atoms with Gasteiger partial charge in [-0.25, -0.2) is 4.98 Å². The maximum absolute atomic E-state index is 13.3. The van der Waals surface area contributed by atoms with Gasteiger partial charge in [0.15, 0.2) is 5.13 Å². The molecule has 164 valence electrons. The zero-order chi connectivity index (χ0) is 22.1. The van der Waals surface area contributed by atoms with E-state index in [0.29, 0.717) is 28.8 Å². The highest BCUT2D eigenvalue weighted by atomic mass is 35.5. The van der Waals surface area contributed by atoms with Crippen LogP contribution >= 0.6 is 22.9 Å². The monoisotopic (exact) mass is 466 g/mol. The molecule has 2 heterocycles. The Hall–Kier alpha value is -2.90. The number of thiazole rings is 1. The van der Waals surface area contributed by atoms with E-state index in [1.807, 2.05) is 23.1 Å². The van der Waals surface area contributed by atoms with Crippen molar-refractivity contribution in [2.45, 2.75) is 18.8 Å². The first kappa shape index (κ1) is 21.0. The predicted octanol–water partition coefficient (Wildman–Crippen LogP) is 4.43. The summed E-state index contributed by atoms with van der Waals surface area (Å²) in [5, 5.41) is 3.99. The van der Waals surface area contributed by atoms with Gasteiger partial charge in [0.25, 0.3) is 5.91 Å². The standard InChI is InChI=1S/C24H23ClN4O2S/c25-17-8-6-16(7-9-17)22(30)27-24-26-21-19(10-11-20(21)32-24)23(31)29-14-12-28(13-15-29)18-4-2-1-3-5-18/h1-9,19H,10-15H2,(H,26,27,30). The third-order valence-corrected chi connectivity index (χ3v) is 7.35. The SMILES string of the molecule is O=C(Nc1nc2c(s1)CCC2C(=O)N1CCN(c2ccccc2)CC1)c1ccc(Cl)cc1. The summed E-state index contributed by atoms with van der Waals surface area (Å²) in [6, 6.07) is 17.0. The molecule has 5 rings (SSSR count). The zero-order valence-electron chi connectivity index (χ0n) is 17.5. The maximum Gasteiger partial charge on any atom is 0.257 e. The van der Waals surface area contributed by atoms with Crippen molar-refractivity contribution < 1.29 is 9.59 Å². The third kappa shape index (κ3) is 4.23. The fourth-order valence-electron chi connectivity index (χ4n) is 4.34. The number of hydrogen-bond acceptors (Lipinski definition) is 5. The molecule has 2 aliphatic rings. The number of amides is 2. The molecule has 0 radical (unpaired) electrons. The molecular formula is C24H23ClN4O2S. The second kappa shape index (κ2) is 8.92. The molecule has 1 aliphatic carbocycles. The lowest BCUT2D eigenvalue weighted by Crippen LogP contribution is -2.50. The number of nitrogens with one attached hydrogen (secondary N) is 1. The smallest absolute Gasteiger partial charge is 0.257 e. The highest BCUT2D eigenvalue weighted by Crippen LogP contribution is 2.39. The molecule has 6 nitrogen and oxygen atoms in total. The second-order valence-corrected chi connectivity index (χ2v) is 9.55. The number of carbonyl (C=O) groups is 2. The number of piperazine rings is 1. The zero-order valence-corrected chi connectivity index (χ0v) is 19.0. The molecule has 1 aliphatic heterocycles. The van der Waals surface area contributed by atoms with Crippen molar-refractivity contribution >= 4 is 45.6 Å². The summed E-state index contributed by atoms with van der Waals surface area (Å²) in [7, 11) is 0. The summed E-state index contributed by atoms with van der Waals surface area (Å²) in [6.07, 6.45) is 1.61. The van der Waals surface area contributed by atoms with E-state index in [1.165, 1.54) is 17.0 Å². The molecule has 8 heteroatoms. The minimum absolute atomic E-state index is 0.150. The number of hydrogen-bond donors (Lipinski definition) is 1. The molecule has 0 spiro atoms. The highest BCUT2D eigenvalue weighted by Gasteiger charge is 2.36. The normalized spacial score (nSPS) is 17.8. The van der Waals surface area contributed by atoms with Crippen molar-refractivity contribution in [1.82, 2.24) is 9.88 Å². The van der Waals surface area contributed by atoms with Crippen molar-refractivity contribution in [3.8, 4) is 0 Å². The van der Waals surface area contributed by atoms with Gasteiger partial charge >= 0.3 is 0 Å². The number of para-hydroxylation sites is 1. The molecule has 0 saturated carbocycles. The van der Waals surface area contributed by atoms with Gasteiger partial charge in [-0.05, 0) is 49.2 Å². The number of rotatable bonds is 4. The van der Waals surface area contributed by atoms with Gasteiger partial charge in [-0.15, -0.1) is 11.3 Å². The van der Waals surface area contributed by atoms with E-state index >= 15 is 0 Å². The third-order valence-electron chi connectivity index (χ3n) is 6.06. The fraction of sp³-hybridized carbons (Fsp3) is 0.292. The van der Waals surface area contributed by atoms with Crippen LogP contribution in [-0.4, -0.2) is 47.9 Å². The van der Waals surface area contributed by atoms with Crippen LogP contribution in [0.4, 0.5) is 10.8 Å². The van der Waals surface area contributed by atoms with Crippen LogP contribution in [0.5, 0.6) is 0 Å². The average molecular weight is 467 g/mol. The van der Waals surface area contributed by atoms with E-state index in [-0.39, 0.29) is 17.7 Å². The number of fused-ring (bicyclic) bond motifs is 1. The van der Waals surface area contributed by atoms with Gasteiger partial charge in [0, 0.05) is 47.3 Å². The van der Waals surface area contributed by atoms with Crippen molar-refractivity contribution in [2.75, 3.05) is 36.4 Å². The first-order valence-corrected chi connectivity index (χ1v) is 11.9. The van der Waals surface area contributed by atoms with Crippen molar-refractivity contribution in [3.63, 3.8) is 0 Å². The van der Waals surface area contributed by atoms with E-state index in [4.69, 9.17) is 11.6 Å². The van der Waals surface area contributed by atoms with Gasteiger partial charge in [0.05, 0.1) is 11.6 Å². The highest BCUT2D eigenvalue weighted by molar-refractivity contribution is 7.16. The summed E-state index contributed by atoms with van der Waals surface area (Å²) in [5.41, 5.74) is 2.55. The van der Waals surface area contributed by atoms with E-state index in [1.54, 1.807) is 24.3 Å². The second-order valence-electron chi connectivity index (χ2n) is 8.03. The van der Waals surface area contributed by atoms with Gasteiger partial charge in [-0.2, -0.15) is 0 Å². The lowest BCUT2D eigenvalue weighted by molar-refractivity contribution is -0.133. The molecule has 1 unspecified atom stereocenters. The summed E-state index contributed by atoms with van der Waals surface area (Å²) >= 11 is 7.36. The topological polar surface area (TPSA) is 65.5 Å². The average Bonchev–Trinajstić information content (AvgIpc) is 3.40. The number of aryl methyl sites for hydroxylation is 1. The molecule has 32 heavy (non-hydrogen) atoms. The Labute approximate surface area is 195 Å². The van der Waals surface area contributed by atoms with Crippen molar-refractivity contribution in [3.05, 3.63) is 75.8 Å². The molecule has 1 aromatic heterocycles. The van der Waals surface area contributed by atoms with Crippen LogP contribution in [-0.2, 0) is 11.2 Å². The Kier molecular flexibility index (Phi) is 5.85. The Morgan fingerprint density at radius 2 is 1.72 bits per heavy atom. The number of aromatic nitrogens is 1.